The third-order valence-electron chi connectivity index (χ3n) is 4.91. The first kappa shape index (κ1) is 18.7. The molecule has 1 saturated carbocycles. The Kier molecular flexibility index (Phi) is 5.44. The molecule has 0 aliphatic heterocycles. The minimum atomic E-state index is 0.103. The number of carbonyl (C=O) groups excluding carboxylic acids is 1. The topological polar surface area (TPSA) is 42.4 Å². The van der Waals surface area contributed by atoms with Crippen LogP contribution in [0.3, 0.4) is 0 Å². The summed E-state index contributed by atoms with van der Waals surface area (Å²) in [4.78, 5) is 19.7. The van der Waals surface area contributed by atoms with Crippen LogP contribution in [-0.2, 0) is 13.2 Å². The summed E-state index contributed by atoms with van der Waals surface area (Å²) in [6.07, 6.45) is 2.15. The number of rotatable bonds is 7. The molecule has 1 aromatic heterocycles. The molecule has 5 heteroatoms. The maximum Gasteiger partial charge on any atom is 0.254 e. The zero-order valence-electron chi connectivity index (χ0n) is 16.2. The van der Waals surface area contributed by atoms with Crippen LogP contribution in [0.1, 0.15) is 45.0 Å². The van der Waals surface area contributed by atoms with E-state index >= 15 is 0 Å². The van der Waals surface area contributed by atoms with Gasteiger partial charge in [0.15, 0.2) is 0 Å². The molecule has 4 rings (SSSR count). The van der Waals surface area contributed by atoms with Gasteiger partial charge in [-0.3, -0.25) is 4.79 Å². The largest absolute Gasteiger partial charge is 0.486 e. The van der Waals surface area contributed by atoms with Crippen LogP contribution < -0.4 is 4.74 Å². The SMILES string of the molecule is Cc1cccc(OCc2nc(CN(C(=O)c3ccccc3C)C3CC3)cs2)c1. The van der Waals surface area contributed by atoms with Crippen molar-refractivity contribution in [2.45, 2.75) is 45.9 Å². The highest BCUT2D eigenvalue weighted by Crippen LogP contribution is 2.30. The van der Waals surface area contributed by atoms with Gasteiger partial charge in [-0.05, 0) is 56.0 Å². The van der Waals surface area contributed by atoms with Crippen LogP contribution in [0.4, 0.5) is 0 Å². The zero-order valence-corrected chi connectivity index (χ0v) is 17.0. The van der Waals surface area contributed by atoms with Crippen molar-refractivity contribution in [3.8, 4) is 5.75 Å². The summed E-state index contributed by atoms with van der Waals surface area (Å²) in [5, 5.41) is 2.96. The molecule has 0 radical (unpaired) electrons. The van der Waals surface area contributed by atoms with Gasteiger partial charge >= 0.3 is 0 Å². The van der Waals surface area contributed by atoms with Gasteiger partial charge in [-0.25, -0.2) is 4.98 Å². The molecule has 1 amide bonds. The molecule has 144 valence electrons. The van der Waals surface area contributed by atoms with E-state index in [-0.39, 0.29) is 5.91 Å². The highest BCUT2D eigenvalue weighted by atomic mass is 32.1. The average Bonchev–Trinajstić information content (AvgIpc) is 3.43. The molecule has 0 spiro atoms. The molecule has 3 aromatic rings. The maximum absolute atomic E-state index is 13.1. The maximum atomic E-state index is 13.1. The number of hydrogen-bond acceptors (Lipinski definition) is 4. The van der Waals surface area contributed by atoms with Crippen LogP contribution in [0.5, 0.6) is 5.75 Å². The van der Waals surface area contributed by atoms with E-state index in [1.54, 1.807) is 11.3 Å². The molecule has 0 atom stereocenters. The molecular weight excluding hydrogens is 368 g/mol. The van der Waals surface area contributed by atoms with Crippen molar-refractivity contribution >= 4 is 17.2 Å². The molecule has 1 heterocycles. The van der Waals surface area contributed by atoms with E-state index in [2.05, 4.69) is 0 Å². The molecular formula is C23H24N2O2S. The van der Waals surface area contributed by atoms with Gasteiger partial charge in [0.2, 0.25) is 0 Å². The highest BCUT2D eigenvalue weighted by molar-refractivity contribution is 7.09. The Morgan fingerprint density at radius 2 is 2.00 bits per heavy atom. The predicted octanol–water partition coefficient (Wildman–Crippen LogP) is 5.14. The molecule has 1 fully saturated rings. The van der Waals surface area contributed by atoms with Gasteiger partial charge in [0, 0.05) is 17.0 Å². The Morgan fingerprint density at radius 3 is 2.75 bits per heavy atom. The lowest BCUT2D eigenvalue weighted by Crippen LogP contribution is -2.33. The van der Waals surface area contributed by atoms with E-state index in [0.29, 0.717) is 19.2 Å². The fourth-order valence-corrected chi connectivity index (χ4v) is 3.93. The van der Waals surface area contributed by atoms with E-state index in [9.17, 15) is 4.79 Å². The van der Waals surface area contributed by atoms with Crippen LogP contribution in [0.15, 0.2) is 53.9 Å². The summed E-state index contributed by atoms with van der Waals surface area (Å²) in [5.41, 5.74) is 3.91. The van der Waals surface area contributed by atoms with Crippen molar-refractivity contribution in [2.75, 3.05) is 0 Å². The first-order valence-electron chi connectivity index (χ1n) is 9.59. The van der Waals surface area contributed by atoms with Crippen molar-refractivity contribution in [3.05, 3.63) is 81.3 Å². The van der Waals surface area contributed by atoms with Crippen molar-refractivity contribution in [2.24, 2.45) is 0 Å². The van der Waals surface area contributed by atoms with Crippen LogP contribution in [0, 0.1) is 13.8 Å². The zero-order chi connectivity index (χ0) is 19.5. The summed E-state index contributed by atoms with van der Waals surface area (Å²) in [7, 11) is 0. The fraction of sp³-hybridized carbons (Fsp3) is 0.304. The van der Waals surface area contributed by atoms with Crippen LogP contribution in [0.2, 0.25) is 0 Å². The average molecular weight is 393 g/mol. The van der Waals surface area contributed by atoms with Crippen molar-refractivity contribution in [1.82, 2.24) is 9.88 Å². The molecule has 0 unspecified atom stereocenters. The van der Waals surface area contributed by atoms with Crippen molar-refractivity contribution in [3.63, 3.8) is 0 Å². The molecule has 4 nitrogen and oxygen atoms in total. The second-order valence-electron chi connectivity index (χ2n) is 7.32. The lowest BCUT2D eigenvalue weighted by atomic mass is 10.1. The number of benzene rings is 2. The van der Waals surface area contributed by atoms with Gasteiger partial charge in [0.1, 0.15) is 17.4 Å². The minimum Gasteiger partial charge on any atom is -0.486 e. The van der Waals surface area contributed by atoms with E-state index in [1.165, 1.54) is 5.56 Å². The summed E-state index contributed by atoms with van der Waals surface area (Å²) < 4.78 is 5.85. The number of thiazole rings is 1. The molecule has 0 saturated heterocycles. The second-order valence-corrected chi connectivity index (χ2v) is 8.26. The molecule has 1 aliphatic rings. The van der Waals surface area contributed by atoms with Crippen molar-refractivity contribution < 1.29 is 9.53 Å². The number of ether oxygens (including phenoxy) is 1. The predicted molar refractivity (Wildman–Crippen MR) is 112 cm³/mol. The molecule has 2 aromatic carbocycles. The summed E-state index contributed by atoms with van der Waals surface area (Å²) >= 11 is 1.58. The first-order chi connectivity index (χ1) is 13.6. The van der Waals surface area contributed by atoms with Gasteiger partial charge in [0.25, 0.3) is 5.91 Å². The first-order valence-corrected chi connectivity index (χ1v) is 10.5. The van der Waals surface area contributed by atoms with Crippen LogP contribution >= 0.6 is 11.3 Å². The molecule has 28 heavy (non-hydrogen) atoms. The minimum absolute atomic E-state index is 0.103. The van der Waals surface area contributed by atoms with Crippen molar-refractivity contribution in [1.29, 1.82) is 0 Å². The standard InChI is InChI=1S/C23H24N2O2S/c1-16-6-5-8-20(12-16)27-14-22-24-18(15-28-22)13-25(19-10-11-19)23(26)21-9-4-3-7-17(21)2/h3-9,12,15,19H,10-11,13-14H2,1-2H3. The van der Waals surface area contributed by atoms with Gasteiger partial charge in [-0.15, -0.1) is 11.3 Å². The quantitative estimate of drug-likeness (QED) is 0.559. The summed E-state index contributed by atoms with van der Waals surface area (Å²) in [5.74, 6) is 0.956. The van der Waals surface area contributed by atoms with Crippen LogP contribution in [-0.4, -0.2) is 21.8 Å². The van der Waals surface area contributed by atoms with E-state index < -0.39 is 0 Å². The van der Waals surface area contributed by atoms with E-state index in [4.69, 9.17) is 9.72 Å². The molecule has 0 bridgehead atoms. The molecule has 0 N–H and O–H groups in total. The van der Waals surface area contributed by atoms with Gasteiger partial charge in [-0.2, -0.15) is 0 Å². The smallest absolute Gasteiger partial charge is 0.254 e. The normalized spacial score (nSPS) is 13.4. The number of nitrogens with zero attached hydrogens (tertiary/aromatic N) is 2. The number of aryl methyl sites for hydroxylation is 2. The van der Waals surface area contributed by atoms with Gasteiger partial charge in [0.05, 0.1) is 12.2 Å². The summed E-state index contributed by atoms with van der Waals surface area (Å²) in [6, 6.07) is 16.1. The third kappa shape index (κ3) is 4.42. The summed E-state index contributed by atoms with van der Waals surface area (Å²) in [6.45, 7) is 5.04. The Labute approximate surface area is 169 Å². The number of carbonyl (C=O) groups is 1. The number of aromatic nitrogens is 1. The molecule has 1 aliphatic carbocycles. The van der Waals surface area contributed by atoms with Crippen LogP contribution in [0.25, 0.3) is 0 Å². The second kappa shape index (κ2) is 8.15. The number of amides is 1. The Balaban J connectivity index is 1.43. The van der Waals surface area contributed by atoms with E-state index in [0.717, 1.165) is 40.4 Å². The monoisotopic (exact) mass is 392 g/mol. The Bertz CT molecular complexity index is 978. The van der Waals surface area contributed by atoms with Gasteiger partial charge < -0.3 is 9.64 Å². The lowest BCUT2D eigenvalue weighted by molar-refractivity contribution is 0.0727. The lowest BCUT2D eigenvalue weighted by Gasteiger charge is -2.22. The van der Waals surface area contributed by atoms with E-state index in [1.807, 2.05) is 72.7 Å². The fourth-order valence-electron chi connectivity index (χ4n) is 3.23. The highest BCUT2D eigenvalue weighted by Gasteiger charge is 2.33. The number of hydrogen-bond donors (Lipinski definition) is 0. The Morgan fingerprint density at radius 1 is 1.18 bits per heavy atom. The van der Waals surface area contributed by atoms with Gasteiger partial charge in [-0.1, -0.05) is 30.3 Å². The third-order valence-corrected chi connectivity index (χ3v) is 5.78. The Hall–Kier alpha value is -2.66.